The Morgan fingerprint density at radius 3 is 2.67 bits per heavy atom. The van der Waals surface area contributed by atoms with Crippen molar-refractivity contribution in [2.24, 2.45) is 5.73 Å². The topological polar surface area (TPSA) is 191 Å². The largest absolute Gasteiger partial charge is 0.493 e. The number of nitrogens with two attached hydrogens (primary N) is 1. The number of methoxy groups -OCH3 is 1. The van der Waals surface area contributed by atoms with E-state index < -0.39 is 11.7 Å². The van der Waals surface area contributed by atoms with Crippen LogP contribution in [0.5, 0.6) is 11.5 Å². The van der Waals surface area contributed by atoms with Crippen LogP contribution in [0.2, 0.25) is 0 Å². The number of aromatic amines is 1. The van der Waals surface area contributed by atoms with Crippen LogP contribution in [0.1, 0.15) is 40.9 Å². The van der Waals surface area contributed by atoms with Crippen LogP contribution in [-0.4, -0.2) is 55.5 Å². The number of nitrogens with zero attached hydrogens (tertiary/aromatic N) is 4. The van der Waals surface area contributed by atoms with Gasteiger partial charge in [-0.2, -0.15) is 4.68 Å². The van der Waals surface area contributed by atoms with Crippen LogP contribution in [0.4, 0.5) is 0 Å². The maximum absolute atomic E-state index is 12.8. The summed E-state index contributed by atoms with van der Waals surface area (Å²) in [7, 11) is 1.58. The lowest BCUT2D eigenvalue weighted by molar-refractivity contribution is -0.134. The predicted molar refractivity (Wildman–Crippen MR) is 139 cm³/mol. The van der Waals surface area contributed by atoms with Crippen LogP contribution in [0.25, 0.3) is 5.82 Å². The summed E-state index contributed by atoms with van der Waals surface area (Å²) < 4.78 is 17.9. The molecule has 0 amide bonds. The van der Waals surface area contributed by atoms with E-state index in [2.05, 4.69) is 20.1 Å². The van der Waals surface area contributed by atoms with Crippen molar-refractivity contribution in [2.45, 2.75) is 25.9 Å². The Hall–Kier alpha value is -5.04. The van der Waals surface area contributed by atoms with Crippen LogP contribution >= 0.6 is 0 Å². The molecule has 0 saturated heterocycles. The number of carboxylic acids is 1. The SMILES string of the molecule is CC(=O)O.COc1cc(C(Cc2ccc(C(=N)N)cc2)c2nn(-c3cnccn3)c(=O)[nH]2)cc2c1OCOC2. The number of hydrogen-bond donors (Lipinski definition) is 4. The van der Waals surface area contributed by atoms with Gasteiger partial charge in [0.2, 0.25) is 0 Å². The van der Waals surface area contributed by atoms with Crippen molar-refractivity contribution in [3.8, 4) is 17.3 Å². The first kappa shape index (κ1) is 27.0. The minimum absolute atomic E-state index is 0.000401. The first-order chi connectivity index (χ1) is 18.8. The van der Waals surface area contributed by atoms with E-state index in [-0.39, 0.29) is 18.5 Å². The van der Waals surface area contributed by atoms with Gasteiger partial charge >= 0.3 is 5.69 Å². The smallest absolute Gasteiger partial charge is 0.349 e. The highest BCUT2D eigenvalue weighted by molar-refractivity contribution is 5.94. The van der Waals surface area contributed by atoms with Gasteiger partial charge in [0.25, 0.3) is 5.97 Å². The van der Waals surface area contributed by atoms with E-state index in [1.165, 1.54) is 23.3 Å². The third-order valence-corrected chi connectivity index (χ3v) is 5.76. The Labute approximate surface area is 222 Å². The summed E-state index contributed by atoms with van der Waals surface area (Å²) >= 11 is 0. The van der Waals surface area contributed by atoms with Crippen LogP contribution in [0, 0.1) is 5.41 Å². The zero-order chi connectivity index (χ0) is 27.9. The molecular formula is C26H27N7O6. The third kappa shape index (κ3) is 6.45. The standard InChI is InChI=1S/C24H23N7O4.C2H4O2/c1-33-19-10-16(9-17-12-34-13-35-21(17)19)18(8-14-2-4-15(5-3-14)22(25)26)23-29-24(32)31(30-23)20-11-27-6-7-28-20;1-2(3)4/h2-7,9-11,18H,8,12-13H2,1H3,(H3,25,26)(H,29,30,32);1H3,(H,3,4). The Morgan fingerprint density at radius 2 is 2.03 bits per heavy atom. The van der Waals surface area contributed by atoms with Crippen molar-refractivity contribution in [1.82, 2.24) is 24.7 Å². The maximum atomic E-state index is 12.8. The second-order valence-electron chi connectivity index (χ2n) is 8.50. The lowest BCUT2D eigenvalue weighted by atomic mass is 9.89. The number of nitrogens with one attached hydrogen (secondary N) is 2. The van der Waals surface area contributed by atoms with Crippen LogP contribution in [0.15, 0.2) is 59.8 Å². The van der Waals surface area contributed by atoms with Gasteiger partial charge in [0.15, 0.2) is 24.1 Å². The molecule has 39 heavy (non-hydrogen) atoms. The number of amidine groups is 1. The second kappa shape index (κ2) is 12.0. The number of rotatable bonds is 7. The summed E-state index contributed by atoms with van der Waals surface area (Å²) in [6, 6.07) is 11.3. The summed E-state index contributed by atoms with van der Waals surface area (Å²) in [5.41, 5.74) is 8.50. The fraction of sp³-hybridized carbons (Fsp3) is 0.231. The van der Waals surface area contributed by atoms with Crippen LogP contribution < -0.4 is 20.9 Å². The van der Waals surface area contributed by atoms with Crippen molar-refractivity contribution in [3.63, 3.8) is 0 Å². The van der Waals surface area contributed by atoms with Crippen molar-refractivity contribution in [3.05, 3.63) is 93.6 Å². The molecule has 5 N–H and O–H groups in total. The van der Waals surface area contributed by atoms with Crippen LogP contribution in [0.3, 0.4) is 0 Å². The van der Waals surface area contributed by atoms with E-state index in [0.29, 0.717) is 41.7 Å². The highest BCUT2D eigenvalue weighted by Crippen LogP contribution is 2.39. The van der Waals surface area contributed by atoms with Crippen molar-refractivity contribution < 1.29 is 24.1 Å². The molecule has 0 aliphatic carbocycles. The van der Waals surface area contributed by atoms with Gasteiger partial charge in [-0.3, -0.25) is 20.2 Å². The molecule has 4 aromatic rings. The highest BCUT2D eigenvalue weighted by Gasteiger charge is 2.25. The molecule has 202 valence electrons. The molecule has 2 aromatic carbocycles. The normalized spacial score (nSPS) is 12.8. The molecule has 1 aliphatic rings. The Balaban J connectivity index is 0.000000826. The number of aromatic nitrogens is 5. The van der Waals surface area contributed by atoms with E-state index >= 15 is 0 Å². The Morgan fingerprint density at radius 1 is 1.28 bits per heavy atom. The molecule has 0 radical (unpaired) electrons. The molecule has 1 unspecified atom stereocenters. The monoisotopic (exact) mass is 533 g/mol. The maximum Gasteiger partial charge on any atom is 0.349 e. The van der Waals surface area contributed by atoms with Crippen LogP contribution in [-0.2, 0) is 22.6 Å². The van der Waals surface area contributed by atoms with E-state index in [1.54, 1.807) is 19.2 Å². The zero-order valence-electron chi connectivity index (χ0n) is 21.2. The van der Waals surface area contributed by atoms with E-state index in [4.69, 9.17) is 35.3 Å². The number of carboxylic acid groups (broad SMARTS) is 1. The van der Waals surface area contributed by atoms with Crippen molar-refractivity contribution >= 4 is 11.8 Å². The summed E-state index contributed by atoms with van der Waals surface area (Å²) in [6.07, 6.45) is 5.01. The number of H-pyrrole nitrogens is 1. The number of aliphatic carboxylic acids is 1. The summed E-state index contributed by atoms with van der Waals surface area (Å²) in [5.74, 6) is 0.814. The minimum Gasteiger partial charge on any atom is -0.493 e. The predicted octanol–water partition coefficient (Wildman–Crippen LogP) is 1.98. The summed E-state index contributed by atoms with van der Waals surface area (Å²) in [4.78, 5) is 32.9. The molecule has 5 rings (SSSR count). The molecule has 0 saturated carbocycles. The molecule has 0 spiro atoms. The average molecular weight is 534 g/mol. The number of benzene rings is 2. The summed E-state index contributed by atoms with van der Waals surface area (Å²) in [6.45, 7) is 1.62. The molecule has 2 aromatic heterocycles. The van der Waals surface area contributed by atoms with Gasteiger partial charge in [0.1, 0.15) is 11.7 Å². The lowest BCUT2D eigenvalue weighted by Crippen LogP contribution is -2.17. The molecule has 0 fully saturated rings. The zero-order valence-corrected chi connectivity index (χ0v) is 21.2. The molecule has 1 aliphatic heterocycles. The van der Waals surface area contributed by atoms with Gasteiger partial charge < -0.3 is 25.1 Å². The Kier molecular flexibility index (Phi) is 8.31. The fourth-order valence-corrected chi connectivity index (χ4v) is 4.04. The van der Waals surface area contributed by atoms with E-state index in [1.807, 2.05) is 24.3 Å². The van der Waals surface area contributed by atoms with Gasteiger partial charge in [0.05, 0.1) is 19.9 Å². The van der Waals surface area contributed by atoms with Gasteiger partial charge in [-0.05, 0) is 29.7 Å². The van der Waals surface area contributed by atoms with Gasteiger partial charge in [-0.1, -0.05) is 24.3 Å². The Bertz CT molecular complexity index is 1500. The first-order valence-corrected chi connectivity index (χ1v) is 11.8. The summed E-state index contributed by atoms with van der Waals surface area (Å²) in [5, 5.41) is 19.6. The fourth-order valence-electron chi connectivity index (χ4n) is 4.04. The second-order valence-corrected chi connectivity index (χ2v) is 8.50. The molecule has 13 nitrogen and oxygen atoms in total. The van der Waals surface area contributed by atoms with E-state index in [0.717, 1.165) is 23.6 Å². The molecule has 1 atom stereocenters. The number of ether oxygens (including phenoxy) is 3. The quantitative estimate of drug-likeness (QED) is 0.202. The van der Waals surface area contributed by atoms with Gasteiger partial charge in [-0.25, -0.2) is 9.78 Å². The van der Waals surface area contributed by atoms with Crippen molar-refractivity contribution in [1.29, 1.82) is 5.41 Å². The molecule has 0 bridgehead atoms. The highest BCUT2D eigenvalue weighted by atomic mass is 16.7. The first-order valence-electron chi connectivity index (χ1n) is 11.8. The average Bonchev–Trinajstić information content (AvgIpc) is 3.32. The lowest BCUT2D eigenvalue weighted by Gasteiger charge is -2.23. The third-order valence-electron chi connectivity index (χ3n) is 5.76. The van der Waals surface area contributed by atoms with Gasteiger partial charge in [0, 0.05) is 36.4 Å². The number of carbonyl (C=O) groups is 1. The number of nitrogen functional groups attached to an aromatic ring is 1. The molecular weight excluding hydrogens is 506 g/mol. The number of hydrogen-bond acceptors (Lipinski definition) is 9. The number of fused-ring (bicyclic) bond motifs is 1. The molecule has 13 heteroatoms. The van der Waals surface area contributed by atoms with E-state index in [9.17, 15) is 4.79 Å². The van der Waals surface area contributed by atoms with Crippen molar-refractivity contribution in [2.75, 3.05) is 13.9 Å². The van der Waals surface area contributed by atoms with Gasteiger partial charge in [-0.15, -0.1) is 5.10 Å². The molecule has 3 heterocycles. The minimum atomic E-state index is -0.833.